The highest BCUT2D eigenvalue weighted by Crippen LogP contribution is 2.50. The van der Waals surface area contributed by atoms with Gasteiger partial charge in [-0.3, -0.25) is 24.2 Å². The van der Waals surface area contributed by atoms with Gasteiger partial charge >= 0.3 is 0 Å². The number of carbonyl (C=O) groups is 3. The third-order valence-electron chi connectivity index (χ3n) is 8.27. The van der Waals surface area contributed by atoms with E-state index >= 15 is 4.39 Å². The van der Waals surface area contributed by atoms with E-state index in [-0.39, 0.29) is 60.4 Å². The molecule has 1 fully saturated rings. The molecule has 6 rings (SSSR count). The van der Waals surface area contributed by atoms with Gasteiger partial charge in [0.2, 0.25) is 11.8 Å². The van der Waals surface area contributed by atoms with Crippen molar-refractivity contribution in [2.24, 2.45) is 5.41 Å². The van der Waals surface area contributed by atoms with Crippen molar-refractivity contribution in [3.8, 4) is 11.5 Å². The predicted octanol–water partition coefficient (Wildman–Crippen LogP) is 4.69. The van der Waals surface area contributed by atoms with Crippen LogP contribution in [0.4, 0.5) is 15.8 Å². The van der Waals surface area contributed by atoms with E-state index in [4.69, 9.17) is 4.74 Å². The number of piperazine rings is 1. The van der Waals surface area contributed by atoms with E-state index in [2.05, 4.69) is 10.6 Å². The van der Waals surface area contributed by atoms with E-state index in [1.807, 2.05) is 44.2 Å². The topological polar surface area (TPSA) is 111 Å². The number of nitrogens with zero attached hydrogens (tertiary/aromatic N) is 2. The van der Waals surface area contributed by atoms with E-state index < -0.39 is 23.2 Å². The molecule has 3 aromatic rings. The van der Waals surface area contributed by atoms with Crippen LogP contribution in [0.5, 0.6) is 11.5 Å². The molecule has 9 nitrogen and oxygen atoms in total. The summed E-state index contributed by atoms with van der Waals surface area (Å²) in [5, 5.41) is 17.0. The molecule has 3 N–H and O–H groups in total. The molecule has 0 saturated carbocycles. The van der Waals surface area contributed by atoms with Crippen LogP contribution in [-0.4, -0.2) is 53.8 Å². The lowest BCUT2D eigenvalue weighted by Gasteiger charge is -2.38. The average Bonchev–Trinajstić information content (AvgIpc) is 3.11. The second-order valence-corrected chi connectivity index (χ2v) is 12.3. The van der Waals surface area contributed by atoms with Crippen molar-refractivity contribution in [3.05, 3.63) is 94.9 Å². The zero-order valence-corrected chi connectivity index (χ0v) is 24.7. The molecule has 10 heteroatoms. The van der Waals surface area contributed by atoms with Crippen molar-refractivity contribution < 1.29 is 28.6 Å². The number of rotatable bonds is 6. The number of phenols is 1. The van der Waals surface area contributed by atoms with Gasteiger partial charge in [-0.1, -0.05) is 50.2 Å². The molecule has 0 radical (unpaired) electrons. The van der Waals surface area contributed by atoms with Crippen LogP contribution < -0.4 is 20.3 Å². The smallest absolute Gasteiger partial charge is 0.242 e. The van der Waals surface area contributed by atoms with Crippen LogP contribution in [0.2, 0.25) is 0 Å². The van der Waals surface area contributed by atoms with Crippen LogP contribution in [0.1, 0.15) is 43.9 Å². The van der Waals surface area contributed by atoms with Crippen LogP contribution in [0, 0.1) is 11.2 Å². The van der Waals surface area contributed by atoms with Crippen molar-refractivity contribution in [2.75, 3.05) is 36.4 Å². The van der Waals surface area contributed by atoms with Gasteiger partial charge in [0.25, 0.3) is 0 Å². The van der Waals surface area contributed by atoms with Gasteiger partial charge in [-0.05, 0) is 41.7 Å². The first-order valence-corrected chi connectivity index (χ1v) is 14.7. The Labute approximate surface area is 255 Å². The standard InChI is InChI=1S/C34H35FN4O5/c1-34(2)16-25-31(28(41)17-34)33(23-12-11-22(15-24(23)35)44-20-21-7-4-3-5-8-21)39(26-9-6-10-27(40)32(26)37-25)30(43)19-38-14-13-36-29(42)18-38/h3-12,15,33,37,40H,13-14,16-20H2,1-2H3,(H,36,42). The van der Waals surface area contributed by atoms with Crippen molar-refractivity contribution in [2.45, 2.75) is 39.3 Å². The molecule has 3 aliphatic rings. The fraction of sp³-hybridized carbons (Fsp3) is 0.324. The minimum atomic E-state index is -1.13. The van der Waals surface area contributed by atoms with Crippen molar-refractivity contribution in [1.82, 2.24) is 10.2 Å². The first kappa shape index (κ1) is 29.4. The van der Waals surface area contributed by atoms with Gasteiger partial charge in [0.05, 0.1) is 24.8 Å². The molecule has 2 aliphatic heterocycles. The first-order valence-electron chi connectivity index (χ1n) is 14.7. The fourth-order valence-electron chi connectivity index (χ4n) is 6.27. The number of fused-ring (bicyclic) bond motifs is 1. The zero-order valence-electron chi connectivity index (χ0n) is 24.7. The molecule has 228 valence electrons. The maximum atomic E-state index is 16.2. The predicted molar refractivity (Wildman–Crippen MR) is 164 cm³/mol. The monoisotopic (exact) mass is 598 g/mol. The number of nitrogens with one attached hydrogen (secondary N) is 2. The number of ketones is 1. The third kappa shape index (κ3) is 5.90. The van der Waals surface area contributed by atoms with Crippen molar-refractivity contribution >= 4 is 29.0 Å². The van der Waals surface area contributed by atoms with E-state index in [0.717, 1.165) is 5.56 Å². The van der Waals surface area contributed by atoms with Gasteiger partial charge in [0, 0.05) is 42.4 Å². The Balaban J connectivity index is 1.46. The second kappa shape index (κ2) is 11.8. The molecule has 1 aliphatic carbocycles. The van der Waals surface area contributed by atoms with Crippen molar-refractivity contribution in [1.29, 1.82) is 0 Å². The zero-order chi connectivity index (χ0) is 31.0. The molecule has 0 aromatic heterocycles. The Bertz CT molecular complexity index is 1650. The Morgan fingerprint density at radius 1 is 1.07 bits per heavy atom. The van der Waals surface area contributed by atoms with Gasteiger partial charge in [0.1, 0.15) is 29.6 Å². The molecular weight excluding hydrogens is 563 g/mol. The van der Waals surface area contributed by atoms with E-state index in [1.165, 1.54) is 17.0 Å². The Hall–Kier alpha value is -4.70. The van der Waals surface area contributed by atoms with Gasteiger partial charge < -0.3 is 20.5 Å². The molecule has 1 atom stereocenters. The van der Waals surface area contributed by atoms with Crippen LogP contribution >= 0.6 is 0 Å². The van der Waals surface area contributed by atoms with Crippen LogP contribution in [0.15, 0.2) is 78.0 Å². The third-order valence-corrected chi connectivity index (χ3v) is 8.27. The highest BCUT2D eigenvalue weighted by molar-refractivity contribution is 6.07. The largest absolute Gasteiger partial charge is 0.506 e. The summed E-state index contributed by atoms with van der Waals surface area (Å²) in [6, 6.07) is 17.6. The SMILES string of the molecule is CC1(C)CC(=O)C2=C(C1)Nc1c(O)cccc1N(C(=O)CN1CCNC(=O)C1)C2c1ccc(OCc2ccccc2)cc1F. The maximum Gasteiger partial charge on any atom is 0.242 e. The van der Waals surface area contributed by atoms with Crippen LogP contribution in [0.25, 0.3) is 0 Å². The second-order valence-electron chi connectivity index (χ2n) is 12.3. The molecule has 2 amide bonds. The minimum Gasteiger partial charge on any atom is -0.506 e. The molecule has 1 saturated heterocycles. The molecule has 2 heterocycles. The lowest BCUT2D eigenvalue weighted by molar-refractivity contribution is -0.126. The van der Waals surface area contributed by atoms with Crippen LogP contribution in [0.3, 0.4) is 0 Å². The summed E-state index contributed by atoms with van der Waals surface area (Å²) in [6.07, 6.45) is 0.660. The summed E-state index contributed by atoms with van der Waals surface area (Å²) in [5.41, 5.74) is 2.05. The number of para-hydroxylation sites is 1. The molecule has 0 spiro atoms. The van der Waals surface area contributed by atoms with Gasteiger partial charge in [0.15, 0.2) is 5.78 Å². The highest BCUT2D eigenvalue weighted by atomic mass is 19.1. The van der Waals surface area contributed by atoms with E-state index in [9.17, 15) is 19.5 Å². The summed E-state index contributed by atoms with van der Waals surface area (Å²) >= 11 is 0. The lowest BCUT2D eigenvalue weighted by Crippen LogP contribution is -2.52. The summed E-state index contributed by atoms with van der Waals surface area (Å²) in [6.45, 7) is 4.97. The van der Waals surface area contributed by atoms with Crippen molar-refractivity contribution in [3.63, 3.8) is 0 Å². The summed E-state index contributed by atoms with van der Waals surface area (Å²) in [4.78, 5) is 43.4. The number of allylic oxidation sites excluding steroid dienone is 1. The lowest BCUT2D eigenvalue weighted by atomic mass is 9.73. The molecule has 44 heavy (non-hydrogen) atoms. The van der Waals surface area contributed by atoms with E-state index in [1.54, 1.807) is 29.2 Å². The number of benzene rings is 3. The summed E-state index contributed by atoms with van der Waals surface area (Å²) < 4.78 is 22.1. The number of amides is 2. The number of hydrogen-bond donors (Lipinski definition) is 3. The molecule has 0 bridgehead atoms. The number of carbonyl (C=O) groups excluding carboxylic acids is 3. The minimum absolute atomic E-state index is 0.0400. The quantitative estimate of drug-likeness (QED) is 0.353. The van der Waals surface area contributed by atoms with Crippen LogP contribution in [-0.2, 0) is 21.0 Å². The number of hydrogen-bond acceptors (Lipinski definition) is 7. The van der Waals surface area contributed by atoms with E-state index in [0.29, 0.717) is 36.6 Å². The van der Waals surface area contributed by atoms with Gasteiger partial charge in [-0.2, -0.15) is 0 Å². The normalized spacial score (nSPS) is 19.8. The number of phenolic OH excluding ortho intramolecular Hbond substituents is 1. The number of halogens is 1. The maximum absolute atomic E-state index is 16.2. The summed E-state index contributed by atoms with van der Waals surface area (Å²) in [7, 11) is 0. The number of Topliss-reactive ketones (excluding diaryl/α,β-unsaturated/α-hetero) is 1. The average molecular weight is 599 g/mol. The number of ether oxygens (including phenoxy) is 1. The van der Waals surface area contributed by atoms with Gasteiger partial charge in [-0.15, -0.1) is 0 Å². The fourth-order valence-corrected chi connectivity index (χ4v) is 6.27. The van der Waals surface area contributed by atoms with Gasteiger partial charge in [-0.25, -0.2) is 4.39 Å². The molecule has 3 aromatic carbocycles. The Morgan fingerprint density at radius 3 is 2.61 bits per heavy atom. The summed E-state index contributed by atoms with van der Waals surface area (Å²) in [5.74, 6) is -1.27. The molecule has 1 unspecified atom stereocenters. The highest BCUT2D eigenvalue weighted by Gasteiger charge is 2.45. The first-order chi connectivity index (χ1) is 21.1. The molecular formula is C34H35FN4O5. The Kier molecular flexibility index (Phi) is 7.85. The Morgan fingerprint density at radius 2 is 1.86 bits per heavy atom. The number of aromatic hydroxyl groups is 1. The number of anilines is 2.